The molecule has 0 spiro atoms. The minimum absolute atomic E-state index is 0.0243. The SMILES string of the molecule is CC1CCCCN1Cc1ccc(Nc2ncccc2[N+](=O)[O-])cc1. The normalized spacial score (nSPS) is 18.3. The maximum atomic E-state index is 11.0. The third-order valence-electron chi connectivity index (χ3n) is 4.53. The van der Waals surface area contributed by atoms with Gasteiger partial charge < -0.3 is 5.32 Å². The van der Waals surface area contributed by atoms with Crippen molar-refractivity contribution in [2.45, 2.75) is 38.8 Å². The molecule has 0 saturated carbocycles. The molecule has 3 rings (SSSR count). The predicted octanol–water partition coefficient (Wildman–Crippen LogP) is 4.11. The summed E-state index contributed by atoms with van der Waals surface area (Å²) in [4.78, 5) is 17.2. The van der Waals surface area contributed by atoms with Crippen molar-refractivity contribution >= 4 is 17.2 Å². The van der Waals surface area contributed by atoms with Gasteiger partial charge in [-0.25, -0.2) is 4.98 Å². The van der Waals surface area contributed by atoms with Crippen LogP contribution >= 0.6 is 0 Å². The molecular formula is C18H22N4O2. The maximum absolute atomic E-state index is 11.0. The summed E-state index contributed by atoms with van der Waals surface area (Å²) in [6.45, 7) is 4.39. The Bertz CT molecular complexity index is 702. The van der Waals surface area contributed by atoms with Crippen molar-refractivity contribution in [1.82, 2.24) is 9.88 Å². The molecule has 1 aromatic heterocycles. The molecule has 1 N–H and O–H groups in total. The lowest BCUT2D eigenvalue weighted by molar-refractivity contribution is -0.384. The van der Waals surface area contributed by atoms with Gasteiger partial charge in [0.25, 0.3) is 0 Å². The molecule has 1 saturated heterocycles. The van der Waals surface area contributed by atoms with Crippen molar-refractivity contribution < 1.29 is 4.92 Å². The van der Waals surface area contributed by atoms with E-state index in [1.54, 1.807) is 12.3 Å². The molecule has 1 aliphatic heterocycles. The number of likely N-dealkylation sites (tertiary alicyclic amines) is 1. The van der Waals surface area contributed by atoms with Gasteiger partial charge >= 0.3 is 5.69 Å². The molecular weight excluding hydrogens is 304 g/mol. The first-order chi connectivity index (χ1) is 11.6. The number of rotatable bonds is 5. The number of nitro groups is 1. The zero-order valence-corrected chi connectivity index (χ0v) is 13.8. The van der Waals surface area contributed by atoms with Gasteiger partial charge in [0.1, 0.15) is 0 Å². The summed E-state index contributed by atoms with van der Waals surface area (Å²) in [5.41, 5.74) is 2.03. The summed E-state index contributed by atoms with van der Waals surface area (Å²) in [5.74, 6) is 0.264. The van der Waals surface area contributed by atoms with Crippen LogP contribution in [0.2, 0.25) is 0 Å². The van der Waals surface area contributed by atoms with Crippen LogP contribution in [-0.2, 0) is 6.54 Å². The number of nitrogens with one attached hydrogen (secondary N) is 1. The number of hydrogen-bond donors (Lipinski definition) is 1. The number of anilines is 2. The lowest BCUT2D eigenvalue weighted by Crippen LogP contribution is -2.36. The molecule has 2 aromatic rings. The molecule has 1 aromatic carbocycles. The highest BCUT2D eigenvalue weighted by atomic mass is 16.6. The molecule has 0 bridgehead atoms. The number of aromatic nitrogens is 1. The highest BCUT2D eigenvalue weighted by Gasteiger charge is 2.18. The molecule has 2 heterocycles. The van der Waals surface area contributed by atoms with Gasteiger partial charge in [0, 0.05) is 30.5 Å². The average Bonchev–Trinajstić information content (AvgIpc) is 2.59. The van der Waals surface area contributed by atoms with E-state index < -0.39 is 4.92 Å². The van der Waals surface area contributed by atoms with Gasteiger partial charge in [-0.1, -0.05) is 18.6 Å². The third kappa shape index (κ3) is 3.89. The third-order valence-corrected chi connectivity index (χ3v) is 4.53. The number of benzene rings is 1. The zero-order chi connectivity index (χ0) is 16.9. The van der Waals surface area contributed by atoms with Crippen molar-refractivity contribution in [1.29, 1.82) is 0 Å². The molecule has 0 radical (unpaired) electrons. The topological polar surface area (TPSA) is 71.3 Å². The van der Waals surface area contributed by atoms with Crippen molar-refractivity contribution in [3.8, 4) is 0 Å². The lowest BCUT2D eigenvalue weighted by Gasteiger charge is -2.33. The summed E-state index contributed by atoms with van der Waals surface area (Å²) in [5, 5.41) is 14.1. The van der Waals surface area contributed by atoms with Gasteiger partial charge in [0.15, 0.2) is 0 Å². The predicted molar refractivity (Wildman–Crippen MR) is 94.3 cm³/mol. The van der Waals surface area contributed by atoms with E-state index >= 15 is 0 Å². The number of piperidine rings is 1. The van der Waals surface area contributed by atoms with E-state index in [0.29, 0.717) is 6.04 Å². The van der Waals surface area contributed by atoms with Crippen LogP contribution in [0.3, 0.4) is 0 Å². The lowest BCUT2D eigenvalue weighted by atomic mass is 10.0. The highest BCUT2D eigenvalue weighted by Crippen LogP contribution is 2.25. The van der Waals surface area contributed by atoms with E-state index in [-0.39, 0.29) is 11.5 Å². The van der Waals surface area contributed by atoms with E-state index in [9.17, 15) is 10.1 Å². The van der Waals surface area contributed by atoms with Crippen LogP contribution in [0.15, 0.2) is 42.6 Å². The minimum Gasteiger partial charge on any atom is -0.334 e. The second kappa shape index (κ2) is 7.40. The van der Waals surface area contributed by atoms with Crippen LogP contribution in [-0.4, -0.2) is 27.4 Å². The summed E-state index contributed by atoms with van der Waals surface area (Å²) < 4.78 is 0. The van der Waals surface area contributed by atoms with E-state index in [2.05, 4.69) is 34.3 Å². The monoisotopic (exact) mass is 326 g/mol. The van der Waals surface area contributed by atoms with E-state index in [1.807, 2.05) is 12.1 Å². The number of pyridine rings is 1. The van der Waals surface area contributed by atoms with Gasteiger partial charge in [-0.3, -0.25) is 15.0 Å². The van der Waals surface area contributed by atoms with Crippen molar-refractivity contribution in [2.75, 3.05) is 11.9 Å². The Kier molecular flexibility index (Phi) is 5.05. The molecule has 126 valence electrons. The maximum Gasteiger partial charge on any atom is 0.311 e. The fourth-order valence-corrected chi connectivity index (χ4v) is 3.10. The summed E-state index contributed by atoms with van der Waals surface area (Å²) >= 11 is 0. The Labute approximate surface area is 141 Å². The largest absolute Gasteiger partial charge is 0.334 e. The fourth-order valence-electron chi connectivity index (χ4n) is 3.10. The zero-order valence-electron chi connectivity index (χ0n) is 13.8. The molecule has 24 heavy (non-hydrogen) atoms. The Morgan fingerprint density at radius 2 is 2.08 bits per heavy atom. The van der Waals surface area contributed by atoms with Crippen LogP contribution in [0, 0.1) is 10.1 Å². The van der Waals surface area contributed by atoms with Crippen molar-refractivity contribution in [2.24, 2.45) is 0 Å². The van der Waals surface area contributed by atoms with Crippen LogP contribution in [0.25, 0.3) is 0 Å². The molecule has 1 unspecified atom stereocenters. The second-order valence-electron chi connectivity index (χ2n) is 6.27. The molecule has 1 aliphatic rings. The van der Waals surface area contributed by atoms with Crippen LogP contribution in [0.4, 0.5) is 17.2 Å². The standard InChI is InChI=1S/C18H22N4O2/c1-14-5-2-3-12-21(14)13-15-7-9-16(10-8-15)20-18-17(22(23)24)6-4-11-19-18/h4,6-11,14H,2-3,5,12-13H2,1H3,(H,19,20). The van der Waals surface area contributed by atoms with Gasteiger partial charge in [-0.15, -0.1) is 0 Å². The summed E-state index contributed by atoms with van der Waals surface area (Å²) in [7, 11) is 0. The van der Waals surface area contributed by atoms with E-state index in [0.717, 1.165) is 18.8 Å². The molecule has 1 fully saturated rings. The van der Waals surface area contributed by atoms with Gasteiger partial charge in [-0.05, 0) is 50.1 Å². The van der Waals surface area contributed by atoms with Gasteiger partial charge in [-0.2, -0.15) is 0 Å². The Morgan fingerprint density at radius 1 is 1.29 bits per heavy atom. The van der Waals surface area contributed by atoms with Gasteiger partial charge in [0.2, 0.25) is 5.82 Å². The van der Waals surface area contributed by atoms with E-state index in [4.69, 9.17) is 0 Å². The Morgan fingerprint density at radius 3 is 2.79 bits per heavy atom. The number of nitrogens with zero attached hydrogens (tertiary/aromatic N) is 3. The second-order valence-corrected chi connectivity index (χ2v) is 6.27. The van der Waals surface area contributed by atoms with Crippen LogP contribution in [0.5, 0.6) is 0 Å². The van der Waals surface area contributed by atoms with Gasteiger partial charge in [0.05, 0.1) is 4.92 Å². The Balaban J connectivity index is 1.68. The highest BCUT2D eigenvalue weighted by molar-refractivity contribution is 5.65. The molecule has 0 amide bonds. The first-order valence-corrected chi connectivity index (χ1v) is 8.33. The molecule has 1 atom stereocenters. The van der Waals surface area contributed by atoms with Crippen molar-refractivity contribution in [3.63, 3.8) is 0 Å². The average molecular weight is 326 g/mol. The minimum atomic E-state index is -0.429. The van der Waals surface area contributed by atoms with Crippen LogP contribution < -0.4 is 5.32 Å². The Hall–Kier alpha value is -2.47. The van der Waals surface area contributed by atoms with Crippen LogP contribution in [0.1, 0.15) is 31.7 Å². The fraction of sp³-hybridized carbons (Fsp3) is 0.389. The summed E-state index contributed by atoms with van der Waals surface area (Å²) in [6.07, 6.45) is 5.40. The first kappa shape index (κ1) is 16.4. The van der Waals surface area contributed by atoms with E-state index in [1.165, 1.54) is 30.9 Å². The summed E-state index contributed by atoms with van der Waals surface area (Å²) in [6, 6.07) is 11.7. The molecule has 0 aliphatic carbocycles. The van der Waals surface area contributed by atoms with Crippen molar-refractivity contribution in [3.05, 3.63) is 58.3 Å². The first-order valence-electron chi connectivity index (χ1n) is 8.33. The molecule has 6 heteroatoms. The molecule has 6 nitrogen and oxygen atoms in total. The quantitative estimate of drug-likeness (QED) is 0.661. The number of hydrogen-bond acceptors (Lipinski definition) is 5. The smallest absolute Gasteiger partial charge is 0.311 e.